The van der Waals surface area contributed by atoms with E-state index in [0.717, 1.165) is 22.6 Å². The van der Waals surface area contributed by atoms with E-state index in [1.807, 2.05) is 56.3 Å². The molecule has 1 unspecified atom stereocenters. The van der Waals surface area contributed by atoms with E-state index in [1.54, 1.807) is 4.90 Å². The van der Waals surface area contributed by atoms with E-state index in [-0.39, 0.29) is 11.8 Å². The van der Waals surface area contributed by atoms with Crippen molar-refractivity contribution >= 4 is 23.2 Å². The summed E-state index contributed by atoms with van der Waals surface area (Å²) >= 11 is 6.09. The highest BCUT2D eigenvalue weighted by Crippen LogP contribution is 2.33. The van der Waals surface area contributed by atoms with Crippen LogP contribution in [-0.4, -0.2) is 29.2 Å². The van der Waals surface area contributed by atoms with Gasteiger partial charge in [-0.25, -0.2) is 0 Å². The second kappa shape index (κ2) is 7.64. The van der Waals surface area contributed by atoms with Gasteiger partial charge in [-0.3, -0.25) is 4.79 Å². The minimum Gasteiger partial charge on any atom is -0.494 e. The Kier molecular flexibility index (Phi) is 5.05. The van der Waals surface area contributed by atoms with E-state index in [4.69, 9.17) is 20.9 Å². The van der Waals surface area contributed by atoms with Gasteiger partial charge in [0, 0.05) is 29.2 Å². The summed E-state index contributed by atoms with van der Waals surface area (Å²) in [4.78, 5) is 18.8. The van der Waals surface area contributed by atoms with E-state index >= 15 is 0 Å². The number of ether oxygens (including phenoxy) is 1. The van der Waals surface area contributed by atoms with Crippen LogP contribution in [0.4, 0.5) is 5.69 Å². The standard InChI is InChI=1S/C21H20ClN3O3/c1-3-27-17-7-4-14(5-8-17)20-23-21(28-24-20)15-11-19(26)25(12-15)16-6-9-18(22)13(2)10-16/h4-10,15H,3,11-12H2,1-2H3. The van der Waals surface area contributed by atoms with Crippen molar-refractivity contribution in [1.29, 1.82) is 0 Å². The Labute approximate surface area is 168 Å². The molecule has 6 nitrogen and oxygen atoms in total. The quantitative estimate of drug-likeness (QED) is 0.628. The Morgan fingerprint density at radius 1 is 1.25 bits per heavy atom. The van der Waals surface area contributed by atoms with Crippen molar-refractivity contribution < 1.29 is 14.1 Å². The molecule has 0 spiro atoms. The molecule has 1 saturated heterocycles. The van der Waals surface area contributed by atoms with E-state index in [9.17, 15) is 4.79 Å². The van der Waals surface area contributed by atoms with Crippen molar-refractivity contribution in [2.24, 2.45) is 0 Å². The van der Waals surface area contributed by atoms with Crippen LogP contribution in [0.1, 0.15) is 30.7 Å². The summed E-state index contributed by atoms with van der Waals surface area (Å²) < 4.78 is 10.9. The lowest BCUT2D eigenvalue weighted by Crippen LogP contribution is -2.24. The summed E-state index contributed by atoms with van der Waals surface area (Å²) in [5.74, 6) is 1.68. The number of anilines is 1. The maximum atomic E-state index is 12.5. The van der Waals surface area contributed by atoms with E-state index in [1.165, 1.54) is 0 Å². The number of benzene rings is 2. The third kappa shape index (κ3) is 3.60. The van der Waals surface area contributed by atoms with Crippen molar-refractivity contribution in [2.75, 3.05) is 18.1 Å². The van der Waals surface area contributed by atoms with Crippen molar-refractivity contribution in [3.8, 4) is 17.1 Å². The average molecular weight is 398 g/mol. The Hall–Kier alpha value is -2.86. The van der Waals surface area contributed by atoms with Gasteiger partial charge < -0.3 is 14.2 Å². The maximum absolute atomic E-state index is 12.5. The normalized spacial score (nSPS) is 16.6. The second-order valence-electron chi connectivity index (χ2n) is 6.75. The Morgan fingerprint density at radius 2 is 2.04 bits per heavy atom. The van der Waals surface area contributed by atoms with Gasteiger partial charge in [0.05, 0.1) is 12.5 Å². The van der Waals surface area contributed by atoms with Gasteiger partial charge in [0.1, 0.15) is 5.75 Å². The lowest BCUT2D eigenvalue weighted by Gasteiger charge is -2.17. The van der Waals surface area contributed by atoms with Crippen LogP contribution < -0.4 is 9.64 Å². The van der Waals surface area contributed by atoms with Crippen LogP contribution in [0, 0.1) is 6.92 Å². The summed E-state index contributed by atoms with van der Waals surface area (Å²) in [7, 11) is 0. The van der Waals surface area contributed by atoms with E-state index in [2.05, 4.69) is 10.1 Å². The van der Waals surface area contributed by atoms with Gasteiger partial charge >= 0.3 is 0 Å². The van der Waals surface area contributed by atoms with Gasteiger partial charge in [0.25, 0.3) is 0 Å². The average Bonchev–Trinajstić information content (AvgIpc) is 3.32. The van der Waals surface area contributed by atoms with Crippen LogP contribution in [-0.2, 0) is 4.79 Å². The summed E-state index contributed by atoms with van der Waals surface area (Å²) in [5.41, 5.74) is 2.61. The summed E-state index contributed by atoms with van der Waals surface area (Å²) in [5, 5.41) is 4.77. The molecule has 1 aliphatic rings. The number of aryl methyl sites for hydroxylation is 1. The number of carbonyl (C=O) groups is 1. The van der Waals surface area contributed by atoms with Gasteiger partial charge in [-0.15, -0.1) is 0 Å². The highest BCUT2D eigenvalue weighted by molar-refractivity contribution is 6.31. The molecule has 28 heavy (non-hydrogen) atoms. The Balaban J connectivity index is 1.51. The number of hydrogen-bond acceptors (Lipinski definition) is 5. The molecule has 1 atom stereocenters. The van der Waals surface area contributed by atoms with Crippen molar-refractivity contribution in [3.63, 3.8) is 0 Å². The van der Waals surface area contributed by atoms with Crippen LogP contribution in [0.25, 0.3) is 11.4 Å². The summed E-state index contributed by atoms with van der Waals surface area (Å²) in [6, 6.07) is 13.1. The molecule has 2 heterocycles. The number of rotatable bonds is 5. The zero-order valence-electron chi connectivity index (χ0n) is 15.7. The van der Waals surface area contributed by atoms with Crippen molar-refractivity contribution in [1.82, 2.24) is 10.1 Å². The first-order valence-corrected chi connectivity index (χ1v) is 9.56. The predicted molar refractivity (Wildman–Crippen MR) is 107 cm³/mol. The van der Waals surface area contributed by atoms with Gasteiger partial charge in [-0.1, -0.05) is 16.8 Å². The molecule has 0 radical (unpaired) electrons. The van der Waals surface area contributed by atoms with E-state index in [0.29, 0.717) is 36.3 Å². The monoisotopic (exact) mass is 397 g/mol. The lowest BCUT2D eigenvalue weighted by atomic mass is 10.1. The summed E-state index contributed by atoms with van der Waals surface area (Å²) in [6.45, 7) is 4.98. The van der Waals surface area contributed by atoms with Crippen molar-refractivity contribution in [3.05, 3.63) is 58.9 Å². The van der Waals surface area contributed by atoms with Crippen LogP contribution in [0.5, 0.6) is 5.75 Å². The fourth-order valence-corrected chi connectivity index (χ4v) is 3.42. The Morgan fingerprint density at radius 3 is 2.75 bits per heavy atom. The maximum Gasteiger partial charge on any atom is 0.232 e. The van der Waals surface area contributed by atoms with Crippen molar-refractivity contribution in [2.45, 2.75) is 26.2 Å². The van der Waals surface area contributed by atoms with Gasteiger partial charge in [0.15, 0.2) is 0 Å². The second-order valence-corrected chi connectivity index (χ2v) is 7.16. The minimum atomic E-state index is -0.132. The smallest absolute Gasteiger partial charge is 0.232 e. The molecule has 2 aromatic carbocycles. The molecule has 0 saturated carbocycles. The van der Waals surface area contributed by atoms with Crippen LogP contribution >= 0.6 is 11.6 Å². The fraction of sp³-hybridized carbons (Fsp3) is 0.286. The molecular weight excluding hydrogens is 378 g/mol. The number of hydrogen-bond donors (Lipinski definition) is 0. The number of aromatic nitrogens is 2. The summed E-state index contributed by atoms with van der Waals surface area (Å²) in [6.07, 6.45) is 0.340. The van der Waals surface area contributed by atoms with Crippen LogP contribution in [0.15, 0.2) is 47.0 Å². The first kappa shape index (κ1) is 18.5. The zero-order valence-corrected chi connectivity index (χ0v) is 16.4. The molecule has 144 valence electrons. The molecule has 1 amide bonds. The highest BCUT2D eigenvalue weighted by atomic mass is 35.5. The molecule has 7 heteroatoms. The molecule has 0 N–H and O–H groups in total. The third-order valence-corrected chi connectivity index (χ3v) is 5.22. The molecule has 0 bridgehead atoms. The Bertz CT molecular complexity index is 1000. The van der Waals surface area contributed by atoms with Gasteiger partial charge in [-0.2, -0.15) is 4.98 Å². The molecule has 4 rings (SSSR count). The first-order chi connectivity index (χ1) is 13.5. The molecule has 0 aliphatic carbocycles. The molecular formula is C21H20ClN3O3. The van der Waals surface area contributed by atoms with Crippen LogP contribution in [0.2, 0.25) is 5.02 Å². The molecule has 1 aliphatic heterocycles. The number of amides is 1. The number of nitrogens with zero attached hydrogens (tertiary/aromatic N) is 3. The third-order valence-electron chi connectivity index (χ3n) is 4.79. The van der Waals surface area contributed by atoms with Gasteiger partial charge in [-0.05, 0) is 61.9 Å². The molecule has 1 aromatic heterocycles. The predicted octanol–water partition coefficient (Wildman–Crippen LogP) is 4.62. The largest absolute Gasteiger partial charge is 0.494 e. The van der Waals surface area contributed by atoms with Crippen LogP contribution in [0.3, 0.4) is 0 Å². The minimum absolute atomic E-state index is 0.0348. The fourth-order valence-electron chi connectivity index (χ4n) is 3.30. The zero-order chi connectivity index (χ0) is 19.7. The van der Waals surface area contributed by atoms with E-state index < -0.39 is 0 Å². The highest BCUT2D eigenvalue weighted by Gasteiger charge is 2.35. The number of carbonyl (C=O) groups excluding carboxylic acids is 1. The topological polar surface area (TPSA) is 68.5 Å². The first-order valence-electron chi connectivity index (χ1n) is 9.18. The SMILES string of the molecule is CCOc1ccc(-c2noc(C3CC(=O)N(c4ccc(Cl)c(C)c4)C3)n2)cc1. The molecule has 3 aromatic rings. The molecule has 1 fully saturated rings. The lowest BCUT2D eigenvalue weighted by molar-refractivity contribution is -0.117. The van der Waals surface area contributed by atoms with Gasteiger partial charge in [0.2, 0.25) is 17.6 Å². The number of halogens is 1.